The third-order valence-corrected chi connectivity index (χ3v) is 16.1. The molecular formula is C66H47N. The largest absolute Gasteiger partial charge is 0.310 e. The van der Waals surface area contributed by atoms with Gasteiger partial charge >= 0.3 is 0 Å². The third-order valence-electron chi connectivity index (χ3n) is 16.1. The molecule has 1 nitrogen and oxygen atoms in total. The van der Waals surface area contributed by atoms with Gasteiger partial charge in [0.2, 0.25) is 0 Å². The van der Waals surface area contributed by atoms with E-state index in [0.717, 1.165) is 23.4 Å². The summed E-state index contributed by atoms with van der Waals surface area (Å²) in [5.74, 6) is 0. The van der Waals surface area contributed by atoms with E-state index in [1.165, 1.54) is 106 Å². The highest BCUT2D eigenvalue weighted by Crippen LogP contribution is 2.64. The molecule has 2 spiro atoms. The lowest BCUT2D eigenvalue weighted by molar-refractivity contribution is 0.660. The van der Waals surface area contributed by atoms with Crippen molar-refractivity contribution in [2.75, 3.05) is 4.90 Å². The molecule has 0 atom stereocenters. The maximum Gasteiger partial charge on any atom is 0.0726 e. The molecule has 0 aromatic heterocycles. The van der Waals surface area contributed by atoms with Crippen molar-refractivity contribution in [3.8, 4) is 44.5 Å². The Morgan fingerprint density at radius 3 is 1.43 bits per heavy atom. The van der Waals surface area contributed by atoms with Crippen molar-refractivity contribution in [2.45, 2.75) is 36.5 Å². The van der Waals surface area contributed by atoms with Gasteiger partial charge in [0.25, 0.3) is 0 Å². The second-order valence-corrected chi connectivity index (χ2v) is 19.5. The molecule has 0 heterocycles. The predicted octanol–water partition coefficient (Wildman–Crippen LogP) is 16.3. The molecule has 5 aliphatic carbocycles. The zero-order valence-electron chi connectivity index (χ0n) is 37.7. The van der Waals surface area contributed by atoms with Crippen LogP contribution in [0.2, 0.25) is 0 Å². The fraction of sp³-hybridized carbons (Fsp3) is 0.0909. The van der Waals surface area contributed by atoms with E-state index in [0.29, 0.717) is 0 Å². The standard InChI is InChI=1S/C66H47N/c1-42-20-5-4-6-21-43-40-44(37-39-53(43)65(42)55-29-14-7-22-46(55)47-23-8-15-30-56(47)65)67(62-35-19-34-60-63(62)52-27-12-13-28-54(52)64(60,2)3)45-36-38-51-50-26-11-18-33-59(50)66(61(51)41-45)57-31-16-9-24-48(57)49-25-10-17-32-58(49)66/h4-20,22-41H,1,21H2,2-3H3/b6-4-,20-5-. The van der Waals surface area contributed by atoms with E-state index in [1.54, 1.807) is 0 Å². The molecule has 9 aromatic carbocycles. The molecule has 0 amide bonds. The molecule has 0 bridgehead atoms. The van der Waals surface area contributed by atoms with Gasteiger partial charge in [0.05, 0.1) is 16.5 Å². The van der Waals surface area contributed by atoms with E-state index >= 15 is 0 Å². The summed E-state index contributed by atoms with van der Waals surface area (Å²) in [6.07, 6.45) is 9.70. The van der Waals surface area contributed by atoms with E-state index < -0.39 is 10.8 Å². The fourth-order valence-corrected chi connectivity index (χ4v) is 13.4. The number of anilines is 3. The Hall–Kier alpha value is -8.00. The Morgan fingerprint density at radius 1 is 0.388 bits per heavy atom. The van der Waals surface area contributed by atoms with Crippen molar-refractivity contribution in [1.29, 1.82) is 0 Å². The van der Waals surface area contributed by atoms with Crippen LogP contribution in [0.4, 0.5) is 17.1 Å². The minimum Gasteiger partial charge on any atom is -0.310 e. The van der Waals surface area contributed by atoms with E-state index in [1.807, 2.05) is 0 Å². The topological polar surface area (TPSA) is 3.24 Å². The Kier molecular flexibility index (Phi) is 7.87. The summed E-state index contributed by atoms with van der Waals surface area (Å²) in [4.78, 5) is 2.58. The van der Waals surface area contributed by atoms with Gasteiger partial charge in [-0.2, -0.15) is 0 Å². The SMILES string of the molecule is C=C1/C=C\C=C/Cc2cc(N(c3ccc4c(c3)C3(c5ccccc5-c5ccccc53)c3ccccc3-4)c3cccc4c3-c3ccccc3C4(C)C)ccc2C12c1ccccc1-c1ccccc12. The molecule has 67 heavy (non-hydrogen) atoms. The minimum absolute atomic E-state index is 0.160. The number of hydrogen-bond acceptors (Lipinski definition) is 1. The van der Waals surface area contributed by atoms with Gasteiger partial charge in [-0.3, -0.25) is 0 Å². The molecule has 0 unspecified atom stereocenters. The summed E-state index contributed by atoms with van der Waals surface area (Å²) in [5.41, 5.74) is 27.0. The number of fused-ring (bicyclic) bond motifs is 20. The number of hydrogen-bond donors (Lipinski definition) is 0. The molecule has 1 heteroatoms. The fourth-order valence-electron chi connectivity index (χ4n) is 13.4. The van der Waals surface area contributed by atoms with Gasteiger partial charge in [-0.15, -0.1) is 0 Å². The first-order chi connectivity index (χ1) is 32.9. The highest BCUT2D eigenvalue weighted by Gasteiger charge is 2.52. The Morgan fingerprint density at radius 2 is 0.851 bits per heavy atom. The molecule has 0 saturated carbocycles. The molecule has 0 saturated heterocycles. The minimum atomic E-state index is -0.555. The first kappa shape index (κ1) is 38.3. The summed E-state index contributed by atoms with van der Waals surface area (Å²) in [5, 5.41) is 0. The second kappa shape index (κ2) is 13.8. The van der Waals surface area contributed by atoms with Crippen molar-refractivity contribution < 1.29 is 0 Å². The van der Waals surface area contributed by atoms with Gasteiger partial charge in [0.1, 0.15) is 0 Å². The smallest absolute Gasteiger partial charge is 0.0726 e. The molecule has 0 N–H and O–H groups in total. The zero-order valence-corrected chi connectivity index (χ0v) is 37.7. The van der Waals surface area contributed by atoms with Crippen LogP contribution in [0.15, 0.2) is 237 Å². The second-order valence-electron chi connectivity index (χ2n) is 19.5. The van der Waals surface area contributed by atoms with Crippen LogP contribution >= 0.6 is 0 Å². The zero-order chi connectivity index (χ0) is 44.6. The number of allylic oxidation sites excluding steroid dienone is 5. The number of benzene rings is 9. The molecule has 9 aromatic rings. The quantitative estimate of drug-likeness (QED) is 0.171. The highest BCUT2D eigenvalue weighted by molar-refractivity contribution is 5.99. The first-order valence-corrected chi connectivity index (χ1v) is 23.8. The summed E-state index contributed by atoms with van der Waals surface area (Å²) in [6.45, 7) is 9.67. The van der Waals surface area contributed by atoms with Gasteiger partial charge in [-0.1, -0.05) is 215 Å². The Bertz CT molecular complexity index is 3580. The van der Waals surface area contributed by atoms with Gasteiger partial charge in [0, 0.05) is 22.4 Å². The van der Waals surface area contributed by atoms with Crippen LogP contribution in [0.3, 0.4) is 0 Å². The van der Waals surface area contributed by atoms with E-state index in [2.05, 4.69) is 243 Å². The van der Waals surface area contributed by atoms with Crippen LogP contribution in [0.1, 0.15) is 69.5 Å². The van der Waals surface area contributed by atoms with Crippen LogP contribution in [0, 0.1) is 0 Å². The van der Waals surface area contributed by atoms with Gasteiger partial charge < -0.3 is 4.90 Å². The predicted molar refractivity (Wildman–Crippen MR) is 278 cm³/mol. The van der Waals surface area contributed by atoms with Crippen LogP contribution < -0.4 is 4.90 Å². The van der Waals surface area contributed by atoms with Crippen molar-refractivity contribution in [3.05, 3.63) is 292 Å². The maximum absolute atomic E-state index is 4.90. The molecule has 5 aliphatic rings. The lowest BCUT2D eigenvalue weighted by Crippen LogP contribution is -2.30. The normalized spacial score (nSPS) is 17.1. The lowest BCUT2D eigenvalue weighted by atomic mass is 9.66. The van der Waals surface area contributed by atoms with Crippen molar-refractivity contribution in [1.82, 2.24) is 0 Å². The highest BCUT2D eigenvalue weighted by atomic mass is 15.1. The van der Waals surface area contributed by atoms with Crippen molar-refractivity contribution >= 4 is 17.1 Å². The van der Waals surface area contributed by atoms with Gasteiger partial charge in [-0.25, -0.2) is 0 Å². The van der Waals surface area contributed by atoms with E-state index in [4.69, 9.17) is 6.58 Å². The van der Waals surface area contributed by atoms with E-state index in [-0.39, 0.29) is 5.41 Å². The van der Waals surface area contributed by atoms with E-state index in [9.17, 15) is 0 Å². The molecule has 14 rings (SSSR count). The maximum atomic E-state index is 4.90. The molecular weight excluding hydrogens is 807 g/mol. The average molecular weight is 854 g/mol. The summed E-state index contributed by atoms with van der Waals surface area (Å²) in [7, 11) is 0. The molecule has 316 valence electrons. The van der Waals surface area contributed by atoms with Gasteiger partial charge in [0.15, 0.2) is 0 Å². The monoisotopic (exact) mass is 853 g/mol. The van der Waals surface area contributed by atoms with Crippen LogP contribution in [0.25, 0.3) is 44.5 Å². The van der Waals surface area contributed by atoms with Crippen LogP contribution in [-0.2, 0) is 22.7 Å². The van der Waals surface area contributed by atoms with Crippen molar-refractivity contribution in [3.63, 3.8) is 0 Å². The average Bonchev–Trinajstić information content (AvgIpc) is 4.04. The Balaban J connectivity index is 1.06. The van der Waals surface area contributed by atoms with Crippen LogP contribution in [-0.4, -0.2) is 0 Å². The Labute approximate surface area is 393 Å². The molecule has 0 fully saturated rings. The number of nitrogens with zero attached hydrogens (tertiary/aromatic N) is 1. The summed E-state index contributed by atoms with van der Waals surface area (Å²) >= 11 is 0. The van der Waals surface area contributed by atoms with Gasteiger partial charge in [-0.05, 0) is 137 Å². The van der Waals surface area contributed by atoms with Crippen molar-refractivity contribution in [2.24, 2.45) is 0 Å². The summed E-state index contributed by atoms with van der Waals surface area (Å²) in [6, 6.07) is 76.0. The molecule has 0 aliphatic heterocycles. The lowest BCUT2D eigenvalue weighted by Gasteiger charge is -2.37. The third kappa shape index (κ3) is 4.83. The first-order valence-electron chi connectivity index (χ1n) is 23.8. The van der Waals surface area contributed by atoms with Crippen LogP contribution in [0.5, 0.6) is 0 Å². The number of rotatable bonds is 3. The molecule has 0 radical (unpaired) electrons. The summed E-state index contributed by atoms with van der Waals surface area (Å²) < 4.78 is 0.